The number of carbonyl (C=O) groups is 2. The molecule has 1 aliphatic rings. The Labute approximate surface area is 132 Å². The van der Waals surface area contributed by atoms with Gasteiger partial charge in [0.15, 0.2) is 0 Å². The SMILES string of the molecule is Cc1ccc(C)c(N2C(=O)S/C(=C/c3ccc(C)o3)C2=O)c1. The van der Waals surface area contributed by atoms with E-state index in [2.05, 4.69) is 0 Å². The van der Waals surface area contributed by atoms with Crippen LogP contribution in [-0.2, 0) is 4.79 Å². The first-order valence-electron chi connectivity index (χ1n) is 6.87. The Kier molecular flexibility index (Phi) is 3.66. The van der Waals surface area contributed by atoms with E-state index >= 15 is 0 Å². The maximum atomic E-state index is 12.6. The molecular weight excluding hydrogens is 298 g/mol. The van der Waals surface area contributed by atoms with Gasteiger partial charge in [0.2, 0.25) is 0 Å². The van der Waals surface area contributed by atoms with Gasteiger partial charge in [-0.2, -0.15) is 0 Å². The van der Waals surface area contributed by atoms with Crippen molar-refractivity contribution in [1.29, 1.82) is 0 Å². The summed E-state index contributed by atoms with van der Waals surface area (Å²) in [6.45, 7) is 5.65. The van der Waals surface area contributed by atoms with E-state index < -0.39 is 0 Å². The fourth-order valence-electron chi connectivity index (χ4n) is 2.30. The van der Waals surface area contributed by atoms with E-state index in [0.29, 0.717) is 16.4 Å². The van der Waals surface area contributed by atoms with Gasteiger partial charge in [-0.15, -0.1) is 0 Å². The number of aryl methyl sites for hydroxylation is 3. The molecule has 3 rings (SSSR count). The van der Waals surface area contributed by atoms with Gasteiger partial charge < -0.3 is 4.42 Å². The summed E-state index contributed by atoms with van der Waals surface area (Å²) in [7, 11) is 0. The van der Waals surface area contributed by atoms with Gasteiger partial charge in [-0.05, 0) is 61.9 Å². The van der Waals surface area contributed by atoms with Crippen LogP contribution in [0.15, 0.2) is 39.7 Å². The van der Waals surface area contributed by atoms with E-state index in [9.17, 15) is 9.59 Å². The second-order valence-corrected chi connectivity index (χ2v) is 6.25. The monoisotopic (exact) mass is 313 g/mol. The molecular formula is C17H15NO3S. The lowest BCUT2D eigenvalue weighted by atomic mass is 10.1. The highest BCUT2D eigenvalue weighted by Gasteiger charge is 2.37. The first-order valence-corrected chi connectivity index (χ1v) is 7.69. The number of benzene rings is 1. The lowest BCUT2D eigenvalue weighted by molar-refractivity contribution is -0.113. The average molecular weight is 313 g/mol. The smallest absolute Gasteiger partial charge is 0.298 e. The second kappa shape index (κ2) is 5.50. The lowest BCUT2D eigenvalue weighted by Crippen LogP contribution is -2.28. The number of anilines is 1. The van der Waals surface area contributed by atoms with Crippen LogP contribution in [0, 0.1) is 20.8 Å². The third kappa shape index (κ3) is 2.60. The van der Waals surface area contributed by atoms with Crippen molar-refractivity contribution in [2.24, 2.45) is 0 Å². The molecule has 1 aliphatic heterocycles. The molecule has 1 fully saturated rings. The van der Waals surface area contributed by atoms with E-state index in [4.69, 9.17) is 4.42 Å². The highest BCUT2D eigenvalue weighted by atomic mass is 32.2. The highest BCUT2D eigenvalue weighted by molar-refractivity contribution is 8.19. The van der Waals surface area contributed by atoms with Crippen molar-refractivity contribution < 1.29 is 14.0 Å². The summed E-state index contributed by atoms with van der Waals surface area (Å²) in [6.07, 6.45) is 1.61. The summed E-state index contributed by atoms with van der Waals surface area (Å²) in [5, 5.41) is -0.284. The van der Waals surface area contributed by atoms with Crippen molar-refractivity contribution in [3.63, 3.8) is 0 Å². The number of carbonyl (C=O) groups excluding carboxylic acids is 2. The third-order valence-corrected chi connectivity index (χ3v) is 4.30. The zero-order valence-electron chi connectivity index (χ0n) is 12.5. The zero-order valence-corrected chi connectivity index (χ0v) is 13.4. The molecule has 0 spiro atoms. The summed E-state index contributed by atoms with van der Waals surface area (Å²) in [4.78, 5) is 26.4. The molecule has 5 heteroatoms. The molecule has 2 amide bonds. The summed E-state index contributed by atoms with van der Waals surface area (Å²) in [6, 6.07) is 9.32. The molecule has 2 aromatic rings. The Morgan fingerprint density at radius 3 is 2.55 bits per heavy atom. The van der Waals surface area contributed by atoms with Crippen LogP contribution in [-0.4, -0.2) is 11.1 Å². The molecule has 112 valence electrons. The Morgan fingerprint density at radius 1 is 1.09 bits per heavy atom. The third-order valence-electron chi connectivity index (χ3n) is 3.43. The minimum atomic E-state index is -0.308. The fraction of sp³-hybridized carbons (Fsp3) is 0.176. The highest BCUT2D eigenvalue weighted by Crippen LogP contribution is 2.37. The largest absolute Gasteiger partial charge is 0.462 e. The van der Waals surface area contributed by atoms with E-state index in [-0.39, 0.29) is 11.1 Å². The van der Waals surface area contributed by atoms with Crippen LogP contribution in [0.1, 0.15) is 22.6 Å². The topological polar surface area (TPSA) is 50.5 Å². The van der Waals surface area contributed by atoms with Gasteiger partial charge in [0.1, 0.15) is 11.5 Å². The standard InChI is InChI=1S/C17H15NO3S/c1-10-4-5-11(2)14(8-10)18-16(19)15(22-17(18)20)9-13-7-6-12(3)21-13/h4-9H,1-3H3/b15-9+. The van der Waals surface area contributed by atoms with Gasteiger partial charge in [-0.3, -0.25) is 9.59 Å². The quantitative estimate of drug-likeness (QED) is 0.769. The molecule has 4 nitrogen and oxygen atoms in total. The van der Waals surface area contributed by atoms with Crippen LogP contribution in [0.5, 0.6) is 0 Å². The van der Waals surface area contributed by atoms with E-state index in [1.54, 1.807) is 12.1 Å². The van der Waals surface area contributed by atoms with Crippen LogP contribution >= 0.6 is 11.8 Å². The van der Waals surface area contributed by atoms with Crippen LogP contribution in [0.25, 0.3) is 6.08 Å². The molecule has 0 atom stereocenters. The number of nitrogens with zero attached hydrogens (tertiary/aromatic N) is 1. The number of hydrogen-bond donors (Lipinski definition) is 0. The number of furan rings is 1. The van der Waals surface area contributed by atoms with E-state index in [1.165, 1.54) is 4.90 Å². The van der Waals surface area contributed by atoms with Gasteiger partial charge in [-0.1, -0.05) is 12.1 Å². The summed E-state index contributed by atoms with van der Waals surface area (Å²) in [5.41, 5.74) is 2.54. The van der Waals surface area contributed by atoms with Crippen LogP contribution in [0.4, 0.5) is 10.5 Å². The first kappa shape index (κ1) is 14.7. The van der Waals surface area contributed by atoms with Gasteiger partial charge in [0.25, 0.3) is 11.1 Å². The van der Waals surface area contributed by atoms with Crippen LogP contribution in [0.2, 0.25) is 0 Å². The minimum Gasteiger partial charge on any atom is -0.462 e. The number of imide groups is 1. The van der Waals surface area contributed by atoms with Gasteiger partial charge >= 0.3 is 0 Å². The number of thioether (sulfide) groups is 1. The van der Waals surface area contributed by atoms with Crippen molar-refractivity contribution >= 4 is 34.7 Å². The van der Waals surface area contributed by atoms with Crippen molar-refractivity contribution in [3.05, 3.63) is 57.9 Å². The first-order chi connectivity index (χ1) is 10.5. The molecule has 2 heterocycles. The van der Waals surface area contributed by atoms with Crippen molar-refractivity contribution in [3.8, 4) is 0 Å². The summed E-state index contributed by atoms with van der Waals surface area (Å²) >= 11 is 0.934. The maximum Gasteiger partial charge on any atom is 0.298 e. The fourth-order valence-corrected chi connectivity index (χ4v) is 3.11. The Hall–Kier alpha value is -2.27. The number of rotatable bonds is 2. The van der Waals surface area contributed by atoms with E-state index in [1.807, 2.05) is 45.0 Å². The molecule has 1 saturated heterocycles. The van der Waals surface area contributed by atoms with Crippen molar-refractivity contribution in [2.45, 2.75) is 20.8 Å². The predicted octanol–water partition coefficient (Wildman–Crippen LogP) is 4.45. The molecule has 0 saturated carbocycles. The van der Waals surface area contributed by atoms with Gasteiger partial charge in [0.05, 0.1) is 10.6 Å². The van der Waals surface area contributed by atoms with Crippen LogP contribution in [0.3, 0.4) is 0 Å². The molecule has 0 bridgehead atoms. The van der Waals surface area contributed by atoms with E-state index in [0.717, 1.165) is 28.6 Å². The zero-order chi connectivity index (χ0) is 15.9. The maximum absolute atomic E-state index is 12.6. The van der Waals surface area contributed by atoms with Crippen molar-refractivity contribution in [2.75, 3.05) is 4.90 Å². The van der Waals surface area contributed by atoms with Gasteiger partial charge in [0, 0.05) is 6.08 Å². The molecule has 22 heavy (non-hydrogen) atoms. The van der Waals surface area contributed by atoms with Gasteiger partial charge in [-0.25, -0.2) is 4.90 Å². The van der Waals surface area contributed by atoms with Crippen LogP contribution < -0.4 is 4.90 Å². The molecule has 0 aliphatic carbocycles. The molecule has 1 aromatic heterocycles. The van der Waals surface area contributed by atoms with Crippen molar-refractivity contribution in [1.82, 2.24) is 0 Å². The Bertz CT molecular complexity index is 804. The minimum absolute atomic E-state index is 0.284. The molecule has 0 N–H and O–H groups in total. The lowest BCUT2D eigenvalue weighted by Gasteiger charge is -2.15. The number of amides is 2. The average Bonchev–Trinajstić information content (AvgIpc) is 2.98. The Balaban J connectivity index is 1.98. The second-order valence-electron chi connectivity index (χ2n) is 5.26. The molecule has 0 unspecified atom stereocenters. The Morgan fingerprint density at radius 2 is 1.86 bits per heavy atom. The molecule has 0 radical (unpaired) electrons. The number of hydrogen-bond acceptors (Lipinski definition) is 4. The normalized spacial score (nSPS) is 16.9. The predicted molar refractivity (Wildman–Crippen MR) is 87.8 cm³/mol. The molecule has 1 aromatic carbocycles. The summed E-state index contributed by atoms with van der Waals surface area (Å²) < 4.78 is 5.44. The summed E-state index contributed by atoms with van der Waals surface area (Å²) in [5.74, 6) is 1.03.